The summed E-state index contributed by atoms with van der Waals surface area (Å²) in [5.74, 6) is -6.44. The van der Waals surface area contributed by atoms with E-state index in [1.54, 1.807) is 0 Å². The molecule has 0 aromatic rings. The number of aliphatic hydroxyl groups is 1. The predicted octanol–water partition coefficient (Wildman–Crippen LogP) is 5.53. The van der Waals surface area contributed by atoms with Gasteiger partial charge in [-0.05, 0) is 55.9 Å². The number of rotatable bonds is 1. The summed E-state index contributed by atoms with van der Waals surface area (Å²) in [7, 11) is 0. The highest BCUT2D eigenvalue weighted by molar-refractivity contribution is 5.44. The summed E-state index contributed by atoms with van der Waals surface area (Å²) in [5, 5.41) is 10.9. The van der Waals surface area contributed by atoms with Gasteiger partial charge in [0.25, 0.3) is 0 Å². The van der Waals surface area contributed by atoms with Gasteiger partial charge in [-0.25, -0.2) is 0 Å². The van der Waals surface area contributed by atoms with E-state index in [2.05, 4.69) is 13.8 Å². The minimum atomic E-state index is -5.80. The molecule has 1 spiro atoms. The first kappa shape index (κ1) is 23.6. The minimum absolute atomic E-state index is 0.0147. The van der Waals surface area contributed by atoms with Gasteiger partial charge in [0.1, 0.15) is 16.8 Å². The van der Waals surface area contributed by atoms with Gasteiger partial charge in [0, 0.05) is 23.7 Å². The third-order valence-electron chi connectivity index (χ3n) is 10.3. The number of epoxide rings is 1. The first-order valence-corrected chi connectivity index (χ1v) is 12.4. The summed E-state index contributed by atoms with van der Waals surface area (Å²) in [6.07, 6.45) is -1.11. The lowest BCUT2D eigenvalue weighted by atomic mass is 9.52. The molecular formula is C25H33F5O4. The second-order valence-electron chi connectivity index (χ2n) is 12.8. The normalized spacial score (nSPS) is 48.9. The van der Waals surface area contributed by atoms with Gasteiger partial charge in [-0.1, -0.05) is 26.8 Å². The number of ether oxygens (including phenoxy) is 3. The van der Waals surface area contributed by atoms with Gasteiger partial charge in [0.2, 0.25) is 0 Å². The van der Waals surface area contributed by atoms with Crippen molar-refractivity contribution in [1.82, 2.24) is 0 Å². The van der Waals surface area contributed by atoms with Crippen LogP contribution in [0.3, 0.4) is 0 Å². The van der Waals surface area contributed by atoms with Crippen molar-refractivity contribution in [3.63, 3.8) is 0 Å². The lowest BCUT2D eigenvalue weighted by Gasteiger charge is -2.54. The molecule has 1 N–H and O–H groups in total. The maximum Gasteiger partial charge on any atom is 0.456 e. The van der Waals surface area contributed by atoms with Crippen LogP contribution in [-0.2, 0) is 14.2 Å². The molecule has 9 heteroatoms. The first-order valence-electron chi connectivity index (χ1n) is 12.4. The molecule has 6 atom stereocenters. The Labute approximate surface area is 196 Å². The lowest BCUT2D eigenvalue weighted by molar-refractivity contribution is -0.361. The van der Waals surface area contributed by atoms with Crippen LogP contribution in [0.2, 0.25) is 0 Å². The standard InChI is InChI=1S/C25H33F5O4/c1-18(2)13-32-21(33-14-18)10-11-22-17-5-7-19(3)16(15(17)4-8-20(22,12-21)34-22)6-9-23(19,31)24(26,27)25(28,29)30/h5,15-16,31H,4,6-14H2,1-3H3/t15-,16-,19-,20?,22+,23-/m0/s1. The van der Waals surface area contributed by atoms with Gasteiger partial charge in [-0.15, -0.1) is 0 Å². The summed E-state index contributed by atoms with van der Waals surface area (Å²) in [4.78, 5) is 0. The molecule has 0 radical (unpaired) electrons. The molecule has 3 saturated carbocycles. The zero-order chi connectivity index (χ0) is 24.6. The van der Waals surface area contributed by atoms with E-state index in [4.69, 9.17) is 14.2 Å². The molecule has 1 unspecified atom stereocenters. The molecule has 34 heavy (non-hydrogen) atoms. The SMILES string of the molecule is CC1(C)COC2(CC[C@]34OC3(CC[C@@H]3C4=CC[C@@]4(C)[C@H]3CC[C@@]4(O)C(F)(F)C(F)(F)F)C2)OC1. The summed E-state index contributed by atoms with van der Waals surface area (Å²) in [5.41, 5.74) is -4.60. The maximum atomic E-state index is 14.6. The summed E-state index contributed by atoms with van der Waals surface area (Å²) < 4.78 is 88.2. The van der Waals surface area contributed by atoms with Crippen LogP contribution in [0.1, 0.15) is 72.1 Å². The van der Waals surface area contributed by atoms with Crippen LogP contribution in [0.15, 0.2) is 11.6 Å². The molecule has 4 nitrogen and oxygen atoms in total. The molecule has 2 aliphatic heterocycles. The molecule has 0 aromatic heterocycles. The quantitative estimate of drug-likeness (QED) is 0.297. The fraction of sp³-hybridized carbons (Fsp3) is 0.920. The molecule has 0 aromatic carbocycles. The maximum absolute atomic E-state index is 14.6. The molecule has 4 aliphatic carbocycles. The summed E-state index contributed by atoms with van der Waals surface area (Å²) in [6, 6.07) is 0. The van der Waals surface area contributed by atoms with E-state index < -0.39 is 52.4 Å². The number of halogens is 5. The Bertz CT molecular complexity index is 936. The fourth-order valence-electron chi connectivity index (χ4n) is 8.34. The third-order valence-corrected chi connectivity index (χ3v) is 10.3. The van der Waals surface area contributed by atoms with E-state index in [0.717, 1.165) is 5.57 Å². The number of allylic oxidation sites excluding steroid dienone is 1. The van der Waals surface area contributed by atoms with Crippen LogP contribution in [0.5, 0.6) is 0 Å². The highest BCUT2D eigenvalue weighted by Gasteiger charge is 2.82. The minimum Gasteiger partial charge on any atom is -0.383 e. The molecule has 2 heterocycles. The number of hydrogen-bond donors (Lipinski definition) is 1. The van der Waals surface area contributed by atoms with E-state index in [1.165, 1.54) is 6.92 Å². The molecule has 6 rings (SSSR count). The molecule has 0 bridgehead atoms. The Morgan fingerprint density at radius 2 is 1.62 bits per heavy atom. The predicted molar refractivity (Wildman–Crippen MR) is 111 cm³/mol. The third kappa shape index (κ3) is 2.63. The van der Waals surface area contributed by atoms with Crippen LogP contribution >= 0.6 is 0 Å². The van der Waals surface area contributed by atoms with Crippen molar-refractivity contribution in [1.29, 1.82) is 0 Å². The molecule has 2 saturated heterocycles. The van der Waals surface area contributed by atoms with Gasteiger partial charge >= 0.3 is 12.1 Å². The zero-order valence-electron chi connectivity index (χ0n) is 19.9. The Kier molecular flexibility index (Phi) is 4.43. The van der Waals surface area contributed by atoms with Gasteiger partial charge in [0.05, 0.1) is 13.2 Å². The van der Waals surface area contributed by atoms with Crippen molar-refractivity contribution in [2.75, 3.05) is 13.2 Å². The van der Waals surface area contributed by atoms with Gasteiger partial charge in [-0.3, -0.25) is 0 Å². The Morgan fingerprint density at radius 3 is 2.26 bits per heavy atom. The smallest absolute Gasteiger partial charge is 0.383 e. The first-order chi connectivity index (χ1) is 15.6. The fourth-order valence-corrected chi connectivity index (χ4v) is 8.34. The van der Waals surface area contributed by atoms with Gasteiger partial charge < -0.3 is 19.3 Å². The number of alkyl halides is 5. The van der Waals surface area contributed by atoms with Crippen LogP contribution in [-0.4, -0.2) is 53.0 Å². The van der Waals surface area contributed by atoms with Crippen LogP contribution in [0.4, 0.5) is 22.0 Å². The second-order valence-corrected chi connectivity index (χ2v) is 12.8. The van der Waals surface area contributed by atoms with Crippen LogP contribution < -0.4 is 0 Å². The number of hydrogen-bond acceptors (Lipinski definition) is 4. The Morgan fingerprint density at radius 1 is 0.941 bits per heavy atom. The van der Waals surface area contributed by atoms with Gasteiger partial charge in [-0.2, -0.15) is 22.0 Å². The molecular weight excluding hydrogens is 459 g/mol. The van der Waals surface area contributed by atoms with Gasteiger partial charge in [0.15, 0.2) is 5.79 Å². The highest BCUT2D eigenvalue weighted by atomic mass is 19.4. The zero-order valence-corrected chi connectivity index (χ0v) is 19.9. The number of fused-ring (bicyclic) bond motifs is 3. The highest BCUT2D eigenvalue weighted by Crippen LogP contribution is 2.75. The molecule has 6 aliphatic rings. The van der Waals surface area contributed by atoms with E-state index >= 15 is 0 Å². The van der Waals surface area contributed by atoms with Crippen molar-refractivity contribution in [2.24, 2.45) is 22.7 Å². The van der Waals surface area contributed by atoms with Crippen molar-refractivity contribution in [3.05, 3.63) is 11.6 Å². The Hall–Kier alpha value is -0.770. The van der Waals surface area contributed by atoms with E-state index in [0.29, 0.717) is 45.3 Å². The van der Waals surface area contributed by atoms with E-state index in [1.807, 2.05) is 6.08 Å². The summed E-state index contributed by atoms with van der Waals surface area (Å²) >= 11 is 0. The summed E-state index contributed by atoms with van der Waals surface area (Å²) in [6.45, 7) is 6.83. The van der Waals surface area contributed by atoms with Crippen molar-refractivity contribution >= 4 is 0 Å². The molecule has 0 amide bonds. The molecule has 5 fully saturated rings. The second kappa shape index (κ2) is 6.37. The van der Waals surface area contributed by atoms with Crippen LogP contribution in [0.25, 0.3) is 0 Å². The lowest BCUT2D eigenvalue weighted by Crippen LogP contribution is -2.65. The van der Waals surface area contributed by atoms with Crippen molar-refractivity contribution in [2.45, 2.75) is 107 Å². The average Bonchev–Trinajstić information content (AvgIpc) is 3.35. The van der Waals surface area contributed by atoms with Crippen molar-refractivity contribution in [3.8, 4) is 0 Å². The molecule has 192 valence electrons. The van der Waals surface area contributed by atoms with E-state index in [-0.39, 0.29) is 24.2 Å². The van der Waals surface area contributed by atoms with Crippen LogP contribution in [0, 0.1) is 22.7 Å². The van der Waals surface area contributed by atoms with E-state index in [9.17, 15) is 27.1 Å². The largest absolute Gasteiger partial charge is 0.456 e. The van der Waals surface area contributed by atoms with Crippen molar-refractivity contribution < 1.29 is 41.3 Å². The Balaban J connectivity index is 1.29. The monoisotopic (exact) mass is 492 g/mol. The average molecular weight is 493 g/mol. The topological polar surface area (TPSA) is 51.2 Å².